The van der Waals surface area contributed by atoms with E-state index in [-0.39, 0.29) is 0 Å². The smallest absolute Gasteiger partial charge is 0.0707 e. The topological polar surface area (TPSA) is 38.7 Å². The molecule has 0 amide bonds. The van der Waals surface area contributed by atoms with Crippen LogP contribution in [0.25, 0.3) is 10.8 Å². The summed E-state index contributed by atoms with van der Waals surface area (Å²) < 4.78 is 0. The number of aromatic nitrogens is 3. The average molecular weight is 159 g/mol. The zero-order valence-electron chi connectivity index (χ0n) is 6.86. The second-order valence-corrected chi connectivity index (χ2v) is 2.61. The molecule has 0 saturated carbocycles. The summed E-state index contributed by atoms with van der Waals surface area (Å²) in [6, 6.07) is 1.98. The summed E-state index contributed by atoms with van der Waals surface area (Å²) in [4.78, 5) is 4.02. The van der Waals surface area contributed by atoms with E-state index >= 15 is 0 Å². The van der Waals surface area contributed by atoms with E-state index in [4.69, 9.17) is 0 Å². The van der Waals surface area contributed by atoms with Gasteiger partial charge in [-0.05, 0) is 12.5 Å². The van der Waals surface area contributed by atoms with Crippen molar-refractivity contribution < 1.29 is 0 Å². The third-order valence-corrected chi connectivity index (χ3v) is 1.87. The first-order valence-corrected chi connectivity index (χ1v) is 3.96. The molecule has 2 rings (SSSR count). The molecule has 12 heavy (non-hydrogen) atoms. The van der Waals surface area contributed by atoms with Crippen LogP contribution in [0, 0.1) is 0 Å². The highest BCUT2D eigenvalue weighted by atomic mass is 15.1. The predicted molar refractivity (Wildman–Crippen MR) is 46.7 cm³/mol. The van der Waals surface area contributed by atoms with Gasteiger partial charge in [-0.3, -0.25) is 4.98 Å². The van der Waals surface area contributed by atoms with Gasteiger partial charge in [0.25, 0.3) is 0 Å². The number of nitrogens with zero attached hydrogens (tertiary/aromatic N) is 3. The second-order valence-electron chi connectivity index (χ2n) is 2.61. The van der Waals surface area contributed by atoms with E-state index in [9.17, 15) is 0 Å². The van der Waals surface area contributed by atoms with E-state index < -0.39 is 0 Å². The fourth-order valence-corrected chi connectivity index (χ4v) is 1.25. The van der Waals surface area contributed by atoms with Crippen LogP contribution in [0.2, 0.25) is 0 Å². The van der Waals surface area contributed by atoms with Crippen molar-refractivity contribution in [2.24, 2.45) is 0 Å². The van der Waals surface area contributed by atoms with Crippen LogP contribution in [-0.2, 0) is 6.42 Å². The van der Waals surface area contributed by atoms with Crippen molar-refractivity contribution in [1.82, 2.24) is 15.2 Å². The number of rotatable bonds is 1. The van der Waals surface area contributed by atoms with Crippen LogP contribution in [0.15, 0.2) is 24.7 Å². The lowest BCUT2D eigenvalue weighted by molar-refractivity contribution is 0.939. The van der Waals surface area contributed by atoms with E-state index in [1.54, 1.807) is 12.4 Å². The third-order valence-electron chi connectivity index (χ3n) is 1.87. The quantitative estimate of drug-likeness (QED) is 0.634. The summed E-state index contributed by atoms with van der Waals surface area (Å²) in [5.74, 6) is 0. The molecule has 3 heteroatoms. The molecule has 0 aliphatic heterocycles. The Hall–Kier alpha value is -1.51. The van der Waals surface area contributed by atoms with Crippen LogP contribution in [0.3, 0.4) is 0 Å². The largest absolute Gasteiger partial charge is 0.264 e. The molecule has 2 aromatic heterocycles. The van der Waals surface area contributed by atoms with Crippen LogP contribution >= 0.6 is 0 Å². The SMILES string of the molecule is CCc1nncc2cnccc12. The van der Waals surface area contributed by atoms with Gasteiger partial charge in [0.1, 0.15) is 0 Å². The van der Waals surface area contributed by atoms with Crippen LogP contribution in [-0.4, -0.2) is 15.2 Å². The Balaban J connectivity index is 2.79. The summed E-state index contributed by atoms with van der Waals surface area (Å²) in [6.07, 6.45) is 6.24. The van der Waals surface area contributed by atoms with Gasteiger partial charge in [-0.15, -0.1) is 0 Å². The Morgan fingerprint density at radius 2 is 2.25 bits per heavy atom. The van der Waals surface area contributed by atoms with Gasteiger partial charge in [0.2, 0.25) is 0 Å². The molecule has 3 nitrogen and oxygen atoms in total. The van der Waals surface area contributed by atoms with Gasteiger partial charge in [-0.1, -0.05) is 6.92 Å². The van der Waals surface area contributed by atoms with E-state index in [1.807, 2.05) is 12.3 Å². The standard InChI is InChI=1S/C9H9N3/c1-2-9-8-3-4-10-5-7(8)6-11-12-9/h3-6H,2H2,1H3. The third kappa shape index (κ3) is 1.03. The first-order chi connectivity index (χ1) is 5.92. The number of aryl methyl sites for hydroxylation is 1. The van der Waals surface area contributed by atoms with Crippen LogP contribution in [0.1, 0.15) is 12.6 Å². The molecule has 0 radical (unpaired) electrons. The average Bonchev–Trinajstić information content (AvgIpc) is 2.17. The van der Waals surface area contributed by atoms with Gasteiger partial charge in [0.05, 0.1) is 11.9 Å². The van der Waals surface area contributed by atoms with E-state index in [2.05, 4.69) is 22.1 Å². The molecule has 0 N–H and O–H groups in total. The summed E-state index contributed by atoms with van der Waals surface area (Å²) in [6.45, 7) is 2.07. The van der Waals surface area contributed by atoms with Gasteiger partial charge in [-0.25, -0.2) is 0 Å². The minimum Gasteiger partial charge on any atom is -0.264 e. The molecule has 0 atom stereocenters. The fourth-order valence-electron chi connectivity index (χ4n) is 1.25. The zero-order valence-corrected chi connectivity index (χ0v) is 6.86. The maximum Gasteiger partial charge on any atom is 0.0707 e. The molecule has 0 unspecified atom stereocenters. The summed E-state index contributed by atoms with van der Waals surface area (Å²) in [7, 11) is 0. The van der Waals surface area contributed by atoms with E-state index in [1.165, 1.54) is 0 Å². The zero-order chi connectivity index (χ0) is 8.39. The van der Waals surface area contributed by atoms with Crippen LogP contribution in [0.5, 0.6) is 0 Å². The van der Waals surface area contributed by atoms with Crippen LogP contribution in [0.4, 0.5) is 0 Å². The lowest BCUT2D eigenvalue weighted by Gasteiger charge is -1.99. The Labute approximate surface area is 70.5 Å². The van der Waals surface area contributed by atoms with Crippen molar-refractivity contribution >= 4 is 10.8 Å². The van der Waals surface area contributed by atoms with Gasteiger partial charge in [-0.2, -0.15) is 10.2 Å². The minimum atomic E-state index is 0.911. The molecule has 0 aromatic carbocycles. The highest BCUT2D eigenvalue weighted by Crippen LogP contribution is 2.13. The fraction of sp³-hybridized carbons (Fsp3) is 0.222. The number of hydrogen-bond donors (Lipinski definition) is 0. The van der Waals surface area contributed by atoms with E-state index in [0.29, 0.717) is 0 Å². The number of pyridine rings is 1. The van der Waals surface area contributed by atoms with E-state index in [0.717, 1.165) is 22.9 Å². The molecule has 0 aliphatic carbocycles. The minimum absolute atomic E-state index is 0.911. The summed E-state index contributed by atoms with van der Waals surface area (Å²) in [5.41, 5.74) is 1.04. The Bertz CT molecular complexity index is 392. The van der Waals surface area contributed by atoms with Crippen molar-refractivity contribution in [3.05, 3.63) is 30.4 Å². The number of hydrogen-bond acceptors (Lipinski definition) is 3. The van der Waals surface area contributed by atoms with Crippen molar-refractivity contribution in [1.29, 1.82) is 0 Å². The summed E-state index contributed by atoms with van der Waals surface area (Å²) in [5, 5.41) is 10.2. The molecule has 2 aromatic rings. The lowest BCUT2D eigenvalue weighted by atomic mass is 10.1. The van der Waals surface area contributed by atoms with Gasteiger partial charge >= 0.3 is 0 Å². The maximum absolute atomic E-state index is 4.05. The normalized spacial score (nSPS) is 10.4. The highest BCUT2D eigenvalue weighted by Gasteiger charge is 1.99. The first-order valence-electron chi connectivity index (χ1n) is 3.96. The molecular formula is C9H9N3. The van der Waals surface area contributed by atoms with Crippen molar-refractivity contribution in [2.75, 3.05) is 0 Å². The molecular weight excluding hydrogens is 150 g/mol. The molecule has 0 aliphatic rings. The molecule has 0 saturated heterocycles. The molecule has 0 fully saturated rings. The molecule has 0 spiro atoms. The van der Waals surface area contributed by atoms with Crippen molar-refractivity contribution in [3.63, 3.8) is 0 Å². The van der Waals surface area contributed by atoms with Gasteiger partial charge in [0.15, 0.2) is 0 Å². The predicted octanol–water partition coefficient (Wildman–Crippen LogP) is 1.59. The molecule has 0 bridgehead atoms. The van der Waals surface area contributed by atoms with Crippen LogP contribution < -0.4 is 0 Å². The van der Waals surface area contributed by atoms with Gasteiger partial charge < -0.3 is 0 Å². The first kappa shape index (κ1) is 7.16. The summed E-state index contributed by atoms with van der Waals surface area (Å²) >= 11 is 0. The highest BCUT2D eigenvalue weighted by molar-refractivity contribution is 5.82. The molecule has 2 heterocycles. The number of fused-ring (bicyclic) bond motifs is 1. The van der Waals surface area contributed by atoms with Crippen molar-refractivity contribution in [2.45, 2.75) is 13.3 Å². The lowest BCUT2D eigenvalue weighted by Crippen LogP contribution is -1.91. The second kappa shape index (κ2) is 2.85. The maximum atomic E-state index is 4.05. The Kier molecular flexibility index (Phi) is 1.70. The Morgan fingerprint density at radius 1 is 1.33 bits per heavy atom. The van der Waals surface area contributed by atoms with Gasteiger partial charge in [0, 0.05) is 23.2 Å². The Morgan fingerprint density at radius 3 is 3.08 bits per heavy atom. The monoisotopic (exact) mass is 159 g/mol. The van der Waals surface area contributed by atoms with Crippen molar-refractivity contribution in [3.8, 4) is 0 Å². The molecule has 60 valence electrons.